The van der Waals surface area contributed by atoms with Crippen LogP contribution in [0, 0.1) is 0 Å². The zero-order chi connectivity index (χ0) is 10.0. The highest BCUT2D eigenvalue weighted by atomic mass is 19.1. The van der Waals surface area contributed by atoms with Crippen LogP contribution in [-0.2, 0) is 21.8 Å². The summed E-state index contributed by atoms with van der Waals surface area (Å²) >= 11 is 0. The lowest BCUT2D eigenvalue weighted by atomic mass is 10.1. The van der Waals surface area contributed by atoms with Gasteiger partial charge in [0.15, 0.2) is 0 Å². The molecule has 0 heterocycles. The van der Waals surface area contributed by atoms with Crippen molar-refractivity contribution in [1.82, 2.24) is 0 Å². The molecule has 2 nitrogen and oxygen atoms in total. The molecule has 0 unspecified atom stereocenters. The van der Waals surface area contributed by atoms with Crippen molar-refractivity contribution in [2.45, 2.75) is 25.1 Å². The van der Waals surface area contributed by atoms with Crippen LogP contribution in [0.3, 0.4) is 0 Å². The second-order valence-corrected chi connectivity index (χ2v) is 3.57. The molecule has 0 bridgehead atoms. The average molecular weight is 194 g/mol. The van der Waals surface area contributed by atoms with Gasteiger partial charge in [-0.3, -0.25) is 4.79 Å². The number of ether oxygens (including phenoxy) is 1. The third-order valence-corrected chi connectivity index (χ3v) is 2.48. The molecule has 0 N–H and O–H groups in total. The molecule has 0 atom stereocenters. The minimum atomic E-state index is -1.08. The monoisotopic (exact) mass is 194 g/mol. The lowest BCUT2D eigenvalue weighted by Crippen LogP contribution is -1.98. The van der Waals surface area contributed by atoms with E-state index in [1.54, 1.807) is 24.3 Å². The van der Waals surface area contributed by atoms with Gasteiger partial charge in [-0.25, -0.2) is 4.39 Å². The second-order valence-electron chi connectivity index (χ2n) is 3.57. The van der Waals surface area contributed by atoms with E-state index in [2.05, 4.69) is 4.74 Å². The first kappa shape index (κ1) is 9.19. The van der Waals surface area contributed by atoms with Gasteiger partial charge in [-0.1, -0.05) is 24.3 Å². The molecule has 0 radical (unpaired) electrons. The van der Waals surface area contributed by atoms with Crippen LogP contribution in [0.2, 0.25) is 0 Å². The van der Waals surface area contributed by atoms with E-state index in [1.807, 2.05) is 0 Å². The first-order valence-corrected chi connectivity index (χ1v) is 4.58. The molecule has 14 heavy (non-hydrogen) atoms. The van der Waals surface area contributed by atoms with Crippen LogP contribution in [0.25, 0.3) is 0 Å². The van der Waals surface area contributed by atoms with Gasteiger partial charge in [0.2, 0.25) is 0 Å². The van der Waals surface area contributed by atoms with Crippen LogP contribution >= 0.6 is 0 Å². The number of halogens is 1. The van der Waals surface area contributed by atoms with Gasteiger partial charge in [-0.2, -0.15) is 0 Å². The van der Waals surface area contributed by atoms with E-state index >= 15 is 0 Å². The summed E-state index contributed by atoms with van der Waals surface area (Å²) in [6, 6.07) is 7.10. The molecule has 0 amide bonds. The van der Waals surface area contributed by atoms with E-state index in [4.69, 9.17) is 0 Å². The molecule has 1 fully saturated rings. The molecule has 3 heteroatoms. The summed E-state index contributed by atoms with van der Waals surface area (Å²) in [6.07, 6.45) is 1.24. The Hall–Kier alpha value is -1.38. The van der Waals surface area contributed by atoms with Gasteiger partial charge in [-0.15, -0.1) is 0 Å². The van der Waals surface area contributed by atoms with Crippen molar-refractivity contribution in [1.29, 1.82) is 0 Å². The summed E-state index contributed by atoms with van der Waals surface area (Å²) < 4.78 is 18.1. The smallest absolute Gasteiger partial charge is 0.293 e. The molecule has 1 aromatic rings. The number of hydrogen-bond acceptors (Lipinski definition) is 2. The average Bonchev–Trinajstić information content (AvgIpc) is 2.96. The molecule has 1 saturated carbocycles. The Kier molecular flexibility index (Phi) is 2.23. The lowest BCUT2D eigenvalue weighted by molar-refractivity contribution is -0.129. The van der Waals surface area contributed by atoms with E-state index in [9.17, 15) is 9.18 Å². The summed E-state index contributed by atoms with van der Waals surface area (Å²) in [7, 11) is 0. The summed E-state index contributed by atoms with van der Waals surface area (Å²) in [5, 5.41) is 0. The second kappa shape index (κ2) is 3.40. The first-order chi connectivity index (χ1) is 6.74. The maximum atomic E-state index is 13.5. The Morgan fingerprint density at radius 2 is 2.00 bits per heavy atom. The Morgan fingerprint density at radius 1 is 1.36 bits per heavy atom. The number of hydrogen-bond donors (Lipinski definition) is 0. The van der Waals surface area contributed by atoms with Gasteiger partial charge >= 0.3 is 0 Å². The maximum Gasteiger partial charge on any atom is 0.293 e. The van der Waals surface area contributed by atoms with Crippen molar-refractivity contribution in [3.8, 4) is 0 Å². The van der Waals surface area contributed by atoms with Gasteiger partial charge in [0.05, 0.1) is 0 Å². The molecule has 1 aromatic carbocycles. The standard InChI is InChI=1S/C11H11FO2/c12-11(5-6-11)10-3-1-9(2-4-10)7-14-8-13/h1-4,8H,5-7H2. The quantitative estimate of drug-likeness (QED) is 0.687. The molecule has 1 aliphatic rings. The topological polar surface area (TPSA) is 26.3 Å². The molecule has 2 rings (SSSR count). The molecule has 0 saturated heterocycles. The molecule has 0 spiro atoms. The Labute approximate surface area is 81.7 Å². The fourth-order valence-electron chi connectivity index (χ4n) is 1.43. The molecular formula is C11H11FO2. The van der Waals surface area contributed by atoms with Crippen LogP contribution in [0.15, 0.2) is 24.3 Å². The number of benzene rings is 1. The highest BCUT2D eigenvalue weighted by Crippen LogP contribution is 2.49. The van der Waals surface area contributed by atoms with E-state index in [0.717, 1.165) is 11.1 Å². The minimum absolute atomic E-state index is 0.253. The number of rotatable bonds is 4. The maximum absolute atomic E-state index is 13.5. The number of carbonyl (C=O) groups is 1. The summed E-state index contributed by atoms with van der Waals surface area (Å²) in [6.45, 7) is 0.661. The molecular weight excluding hydrogens is 183 g/mol. The van der Waals surface area contributed by atoms with Crippen LogP contribution < -0.4 is 0 Å². The normalized spacial score (nSPS) is 17.5. The Morgan fingerprint density at radius 3 is 2.50 bits per heavy atom. The van der Waals surface area contributed by atoms with Crippen molar-refractivity contribution in [2.24, 2.45) is 0 Å². The van der Waals surface area contributed by atoms with Gasteiger partial charge in [0.1, 0.15) is 12.3 Å². The van der Waals surface area contributed by atoms with E-state index in [-0.39, 0.29) is 6.61 Å². The molecule has 74 valence electrons. The third kappa shape index (κ3) is 1.76. The summed E-state index contributed by atoms with van der Waals surface area (Å²) in [4.78, 5) is 9.93. The van der Waals surface area contributed by atoms with Gasteiger partial charge < -0.3 is 4.74 Å². The van der Waals surface area contributed by atoms with Crippen LogP contribution in [-0.4, -0.2) is 6.47 Å². The van der Waals surface area contributed by atoms with Crippen LogP contribution in [0.4, 0.5) is 4.39 Å². The third-order valence-electron chi connectivity index (χ3n) is 2.48. The molecule has 0 aliphatic heterocycles. The SMILES string of the molecule is O=COCc1ccc(C2(F)CC2)cc1. The molecule has 1 aliphatic carbocycles. The fraction of sp³-hybridized carbons (Fsp3) is 0.364. The Balaban J connectivity index is 2.06. The first-order valence-electron chi connectivity index (χ1n) is 4.58. The van der Waals surface area contributed by atoms with Crippen LogP contribution in [0.1, 0.15) is 24.0 Å². The highest BCUT2D eigenvalue weighted by molar-refractivity contribution is 5.38. The zero-order valence-corrected chi connectivity index (χ0v) is 7.70. The molecule has 0 aromatic heterocycles. The van der Waals surface area contributed by atoms with Crippen molar-refractivity contribution < 1.29 is 13.9 Å². The predicted octanol–water partition coefficient (Wildman–Crippen LogP) is 2.32. The van der Waals surface area contributed by atoms with Crippen molar-refractivity contribution >= 4 is 6.47 Å². The van der Waals surface area contributed by atoms with Gasteiger partial charge in [-0.05, 0) is 24.0 Å². The zero-order valence-electron chi connectivity index (χ0n) is 7.70. The minimum Gasteiger partial charge on any atom is -0.463 e. The Bertz CT molecular complexity index is 328. The highest BCUT2D eigenvalue weighted by Gasteiger charge is 2.44. The largest absolute Gasteiger partial charge is 0.463 e. The van der Waals surface area contributed by atoms with Crippen molar-refractivity contribution in [3.63, 3.8) is 0 Å². The van der Waals surface area contributed by atoms with Gasteiger partial charge in [0.25, 0.3) is 6.47 Å². The van der Waals surface area contributed by atoms with E-state index in [1.165, 1.54) is 0 Å². The van der Waals surface area contributed by atoms with Crippen molar-refractivity contribution in [3.05, 3.63) is 35.4 Å². The fourth-order valence-corrected chi connectivity index (χ4v) is 1.43. The number of alkyl halides is 1. The summed E-state index contributed by atoms with van der Waals surface area (Å²) in [5.74, 6) is 0. The number of carbonyl (C=O) groups excluding carboxylic acids is 1. The van der Waals surface area contributed by atoms with Crippen LogP contribution in [0.5, 0.6) is 0 Å². The van der Waals surface area contributed by atoms with E-state index < -0.39 is 5.67 Å². The van der Waals surface area contributed by atoms with Gasteiger partial charge in [0, 0.05) is 0 Å². The van der Waals surface area contributed by atoms with Crippen molar-refractivity contribution in [2.75, 3.05) is 0 Å². The summed E-state index contributed by atoms with van der Waals surface area (Å²) in [5.41, 5.74) is 0.529. The predicted molar refractivity (Wildman–Crippen MR) is 49.3 cm³/mol. The van der Waals surface area contributed by atoms with E-state index in [0.29, 0.717) is 19.3 Å². The lowest BCUT2D eigenvalue weighted by Gasteiger charge is -2.06.